The Morgan fingerprint density at radius 1 is 0.806 bits per heavy atom. The fraction of sp³-hybridized carbons (Fsp3) is 0.615. The lowest BCUT2D eigenvalue weighted by molar-refractivity contribution is 0.191. The Bertz CT molecular complexity index is 868. The largest absolute Gasteiger partial charge is 0.354 e. The smallest absolute Gasteiger partial charge is 0.161 e. The van der Waals surface area contributed by atoms with Crippen molar-refractivity contribution >= 4 is 5.82 Å². The number of aromatic nitrogens is 2. The zero-order valence-electron chi connectivity index (χ0n) is 18.7. The van der Waals surface area contributed by atoms with Crippen LogP contribution in [0.4, 0.5) is 10.2 Å². The third-order valence-corrected chi connectivity index (χ3v) is 7.43. The second-order valence-corrected chi connectivity index (χ2v) is 9.66. The van der Waals surface area contributed by atoms with Crippen LogP contribution in [0.1, 0.15) is 62.6 Å². The lowest BCUT2D eigenvalue weighted by atomic mass is 9.89. The minimum atomic E-state index is -0.215. The normalized spacial score (nSPS) is 21.0. The molecule has 0 N–H and O–H groups in total. The zero-order chi connectivity index (χ0) is 21.0. The summed E-state index contributed by atoms with van der Waals surface area (Å²) in [5.41, 5.74) is 3.49. The fourth-order valence-corrected chi connectivity index (χ4v) is 5.62. The number of benzene rings is 1. The van der Waals surface area contributed by atoms with Crippen molar-refractivity contribution in [3.8, 4) is 11.4 Å². The van der Waals surface area contributed by atoms with Crippen molar-refractivity contribution in [2.75, 3.05) is 37.6 Å². The summed E-state index contributed by atoms with van der Waals surface area (Å²) in [7, 11) is 0. The quantitative estimate of drug-likeness (QED) is 0.630. The van der Waals surface area contributed by atoms with Crippen molar-refractivity contribution in [2.24, 2.45) is 5.92 Å². The van der Waals surface area contributed by atoms with E-state index in [4.69, 9.17) is 9.97 Å². The van der Waals surface area contributed by atoms with Crippen molar-refractivity contribution in [3.05, 3.63) is 41.3 Å². The van der Waals surface area contributed by atoms with E-state index in [1.807, 2.05) is 0 Å². The first-order valence-electron chi connectivity index (χ1n) is 12.4. The molecule has 1 aromatic heterocycles. The highest BCUT2D eigenvalue weighted by Gasteiger charge is 2.26. The summed E-state index contributed by atoms with van der Waals surface area (Å²) in [6.45, 7) is 5.61. The van der Waals surface area contributed by atoms with E-state index in [0.717, 1.165) is 62.1 Å². The maximum absolute atomic E-state index is 13.5. The minimum absolute atomic E-state index is 0.215. The van der Waals surface area contributed by atoms with E-state index in [-0.39, 0.29) is 5.82 Å². The van der Waals surface area contributed by atoms with Crippen LogP contribution in [0.25, 0.3) is 11.4 Å². The van der Waals surface area contributed by atoms with Gasteiger partial charge in [-0.25, -0.2) is 14.4 Å². The van der Waals surface area contributed by atoms with E-state index in [0.29, 0.717) is 0 Å². The molecule has 1 saturated heterocycles. The van der Waals surface area contributed by atoms with Gasteiger partial charge < -0.3 is 4.90 Å². The molecule has 1 aliphatic heterocycles. The van der Waals surface area contributed by atoms with Gasteiger partial charge in [-0.1, -0.05) is 25.7 Å². The minimum Gasteiger partial charge on any atom is -0.354 e. The van der Waals surface area contributed by atoms with Crippen LogP contribution in [0.5, 0.6) is 0 Å². The van der Waals surface area contributed by atoms with E-state index in [1.54, 1.807) is 12.1 Å². The van der Waals surface area contributed by atoms with E-state index in [2.05, 4.69) is 9.80 Å². The number of rotatable bonds is 4. The maximum Gasteiger partial charge on any atom is 0.161 e. The van der Waals surface area contributed by atoms with Crippen LogP contribution in [-0.4, -0.2) is 47.6 Å². The van der Waals surface area contributed by atoms with Crippen molar-refractivity contribution in [1.82, 2.24) is 14.9 Å². The Labute approximate surface area is 185 Å². The van der Waals surface area contributed by atoms with Gasteiger partial charge in [-0.3, -0.25) is 4.90 Å². The average molecular weight is 423 g/mol. The summed E-state index contributed by atoms with van der Waals surface area (Å²) in [5.74, 6) is 2.58. The number of anilines is 1. The SMILES string of the molecule is Fc1ccc(-c2nc3c(c(N4CCN(CC5CCCCC5)CC4)n2)CCCCC3)cc1. The predicted molar refractivity (Wildman–Crippen MR) is 124 cm³/mol. The molecule has 2 aromatic rings. The van der Waals surface area contributed by atoms with Crippen LogP contribution in [0.2, 0.25) is 0 Å². The van der Waals surface area contributed by atoms with Gasteiger partial charge in [0.15, 0.2) is 5.82 Å². The summed E-state index contributed by atoms with van der Waals surface area (Å²) >= 11 is 0. The molecule has 3 aliphatic rings. The standard InChI is InChI=1S/C26H35FN4/c27-22-13-11-21(12-14-22)25-28-24-10-6-2-5-9-23(24)26(29-25)31-17-15-30(16-18-31)19-20-7-3-1-4-8-20/h11-14,20H,1-10,15-19H2. The van der Waals surface area contributed by atoms with Crippen molar-refractivity contribution in [2.45, 2.75) is 64.2 Å². The molecule has 0 amide bonds. The van der Waals surface area contributed by atoms with Gasteiger partial charge in [0.05, 0.1) is 0 Å². The number of halogens is 1. The molecule has 0 spiro atoms. The highest BCUT2D eigenvalue weighted by atomic mass is 19.1. The predicted octanol–water partition coefficient (Wildman–Crippen LogP) is 5.25. The Morgan fingerprint density at radius 3 is 2.29 bits per heavy atom. The molecule has 0 unspecified atom stereocenters. The molecule has 0 bridgehead atoms. The van der Waals surface area contributed by atoms with E-state index in [1.165, 1.54) is 81.3 Å². The lowest BCUT2D eigenvalue weighted by Gasteiger charge is -2.38. The first-order valence-corrected chi connectivity index (χ1v) is 12.4. The van der Waals surface area contributed by atoms with Crippen LogP contribution in [0, 0.1) is 11.7 Å². The number of piperazine rings is 1. The van der Waals surface area contributed by atoms with Gasteiger partial charge in [-0.2, -0.15) is 0 Å². The number of hydrogen-bond donors (Lipinski definition) is 0. The number of nitrogens with zero attached hydrogens (tertiary/aromatic N) is 4. The van der Waals surface area contributed by atoms with Crippen LogP contribution in [0.15, 0.2) is 24.3 Å². The first-order chi connectivity index (χ1) is 15.3. The Kier molecular flexibility index (Phi) is 6.49. The number of aryl methyl sites for hydroxylation is 1. The van der Waals surface area contributed by atoms with Gasteiger partial charge in [0.1, 0.15) is 11.6 Å². The maximum atomic E-state index is 13.5. The van der Waals surface area contributed by atoms with E-state index >= 15 is 0 Å². The molecule has 31 heavy (non-hydrogen) atoms. The molecule has 2 heterocycles. The Morgan fingerprint density at radius 2 is 1.52 bits per heavy atom. The third kappa shape index (κ3) is 4.92. The summed E-state index contributed by atoms with van der Waals surface area (Å²) < 4.78 is 13.5. The van der Waals surface area contributed by atoms with Crippen molar-refractivity contribution in [1.29, 1.82) is 0 Å². The highest BCUT2D eigenvalue weighted by molar-refractivity contribution is 5.61. The fourth-order valence-electron chi connectivity index (χ4n) is 5.62. The molecule has 4 nitrogen and oxygen atoms in total. The molecule has 5 heteroatoms. The lowest BCUT2D eigenvalue weighted by Crippen LogP contribution is -2.48. The van der Waals surface area contributed by atoms with Crippen LogP contribution in [0.3, 0.4) is 0 Å². The molecule has 166 valence electrons. The third-order valence-electron chi connectivity index (χ3n) is 7.43. The number of fused-ring (bicyclic) bond motifs is 1. The molecule has 2 fully saturated rings. The highest BCUT2D eigenvalue weighted by Crippen LogP contribution is 2.31. The zero-order valence-corrected chi connectivity index (χ0v) is 18.7. The average Bonchev–Trinajstić information content (AvgIpc) is 3.06. The van der Waals surface area contributed by atoms with Gasteiger partial charge in [-0.05, 0) is 68.7 Å². The second kappa shape index (κ2) is 9.64. The summed E-state index contributed by atoms with van der Waals surface area (Å²) in [4.78, 5) is 15.2. The Hall–Kier alpha value is -2.01. The molecule has 1 aromatic carbocycles. The summed E-state index contributed by atoms with van der Waals surface area (Å²) in [6, 6.07) is 6.63. The number of hydrogen-bond acceptors (Lipinski definition) is 4. The molecular formula is C26H35FN4. The topological polar surface area (TPSA) is 32.3 Å². The van der Waals surface area contributed by atoms with Crippen molar-refractivity contribution in [3.63, 3.8) is 0 Å². The van der Waals surface area contributed by atoms with Gasteiger partial charge >= 0.3 is 0 Å². The molecule has 0 atom stereocenters. The monoisotopic (exact) mass is 422 g/mol. The summed E-state index contributed by atoms with van der Waals surface area (Å²) in [6.07, 6.45) is 12.9. The van der Waals surface area contributed by atoms with Crippen molar-refractivity contribution < 1.29 is 4.39 Å². The van der Waals surface area contributed by atoms with Crippen LogP contribution in [-0.2, 0) is 12.8 Å². The molecular weight excluding hydrogens is 387 g/mol. The molecule has 1 saturated carbocycles. The molecule has 2 aliphatic carbocycles. The van der Waals surface area contributed by atoms with Crippen LogP contribution < -0.4 is 4.90 Å². The van der Waals surface area contributed by atoms with Gasteiger partial charge in [-0.15, -0.1) is 0 Å². The van der Waals surface area contributed by atoms with Gasteiger partial charge in [0, 0.05) is 49.5 Å². The van der Waals surface area contributed by atoms with E-state index in [9.17, 15) is 4.39 Å². The molecule has 0 radical (unpaired) electrons. The molecule has 5 rings (SSSR count). The Balaban J connectivity index is 1.36. The van der Waals surface area contributed by atoms with E-state index < -0.39 is 0 Å². The first kappa shape index (κ1) is 20.9. The van der Waals surface area contributed by atoms with Gasteiger partial charge in [0.2, 0.25) is 0 Å². The van der Waals surface area contributed by atoms with Gasteiger partial charge in [0.25, 0.3) is 0 Å². The second-order valence-electron chi connectivity index (χ2n) is 9.66. The summed E-state index contributed by atoms with van der Waals surface area (Å²) in [5, 5.41) is 0. The van der Waals surface area contributed by atoms with Crippen LogP contribution >= 0.6 is 0 Å².